The number of aromatic nitrogens is 2. The van der Waals surface area contributed by atoms with Gasteiger partial charge in [-0.15, -0.1) is 0 Å². The van der Waals surface area contributed by atoms with Crippen LogP contribution in [0.2, 0.25) is 0 Å². The van der Waals surface area contributed by atoms with Gasteiger partial charge in [0.25, 0.3) is 0 Å². The van der Waals surface area contributed by atoms with Gasteiger partial charge in [-0.25, -0.2) is 4.98 Å². The summed E-state index contributed by atoms with van der Waals surface area (Å²) in [7, 11) is 0. The van der Waals surface area contributed by atoms with E-state index in [9.17, 15) is 20.3 Å². The molecule has 2 unspecified atom stereocenters. The number of carbonyl (C=O) groups is 1. The molecule has 1 aromatic carbocycles. The molecule has 7 nitrogen and oxygen atoms in total. The van der Waals surface area contributed by atoms with Crippen LogP contribution in [-0.2, 0) is 9.53 Å². The monoisotopic (exact) mass is 393 g/mol. The summed E-state index contributed by atoms with van der Waals surface area (Å²) in [5.74, 6) is 0.263. The average Bonchev–Trinajstić information content (AvgIpc) is 3.08. The summed E-state index contributed by atoms with van der Waals surface area (Å²) in [6.07, 6.45) is 4.54. The summed E-state index contributed by atoms with van der Waals surface area (Å²) < 4.78 is 5.46. The summed E-state index contributed by atoms with van der Waals surface area (Å²) in [6.45, 7) is -0.381. The lowest BCUT2D eigenvalue weighted by Gasteiger charge is -2.58. The zero-order valence-corrected chi connectivity index (χ0v) is 16.0. The second-order valence-corrected chi connectivity index (χ2v) is 9.08. The van der Waals surface area contributed by atoms with Gasteiger partial charge in [-0.05, 0) is 62.5 Å². The number of para-hydroxylation sites is 2. The maximum Gasteiger partial charge on any atom is 0.312 e. The van der Waals surface area contributed by atoms with Crippen LogP contribution >= 0.6 is 0 Å². The molecule has 0 amide bonds. The maximum atomic E-state index is 13.0. The molecule has 1 aromatic heterocycles. The van der Waals surface area contributed by atoms with E-state index in [-0.39, 0.29) is 29.7 Å². The number of H-pyrrole nitrogens is 1. The number of benzene rings is 1. The van der Waals surface area contributed by atoms with Gasteiger partial charge < -0.3 is 19.9 Å². The summed E-state index contributed by atoms with van der Waals surface area (Å²) >= 11 is 0. The van der Waals surface area contributed by atoms with E-state index < -0.39 is 11.0 Å². The van der Waals surface area contributed by atoms with Gasteiger partial charge >= 0.3 is 5.97 Å². The van der Waals surface area contributed by atoms with E-state index >= 15 is 0 Å². The van der Waals surface area contributed by atoms with Crippen molar-refractivity contribution >= 4 is 22.6 Å². The second kappa shape index (κ2) is 6.33. The quantitative estimate of drug-likeness (QED) is 0.417. The number of allylic oxidation sites excluding steroid dienone is 1. The van der Waals surface area contributed by atoms with Crippen LogP contribution < -0.4 is 0 Å². The Morgan fingerprint density at radius 1 is 1.28 bits per heavy atom. The molecule has 6 rings (SSSR count). The zero-order valence-electron chi connectivity index (χ0n) is 16.0. The Morgan fingerprint density at radius 3 is 2.66 bits per heavy atom. The van der Waals surface area contributed by atoms with Gasteiger partial charge in [-0.1, -0.05) is 12.1 Å². The van der Waals surface area contributed by atoms with Crippen molar-refractivity contribution < 1.29 is 19.7 Å². The number of imidazole rings is 1. The van der Waals surface area contributed by atoms with E-state index in [4.69, 9.17) is 4.74 Å². The fraction of sp³-hybridized carbons (Fsp3) is 0.500. The molecule has 4 bridgehead atoms. The lowest BCUT2D eigenvalue weighted by molar-refractivity contribution is -0.195. The van der Waals surface area contributed by atoms with Crippen LogP contribution in [0.3, 0.4) is 0 Å². The molecule has 0 aliphatic heterocycles. The van der Waals surface area contributed by atoms with Crippen molar-refractivity contribution in [1.82, 2.24) is 9.97 Å². The summed E-state index contributed by atoms with van der Waals surface area (Å²) in [6, 6.07) is 9.27. The molecule has 4 aliphatic carbocycles. The molecule has 4 saturated carbocycles. The first-order chi connectivity index (χ1) is 13.9. The van der Waals surface area contributed by atoms with Crippen LogP contribution in [0.1, 0.15) is 44.3 Å². The molecular weight excluding hydrogens is 370 g/mol. The van der Waals surface area contributed by atoms with E-state index in [0.29, 0.717) is 23.8 Å². The molecule has 4 aliphatic rings. The molecular formula is C22H23N3O4. The topological polar surface area (TPSA) is 119 Å². The van der Waals surface area contributed by atoms with E-state index in [2.05, 4.69) is 9.97 Å². The summed E-state index contributed by atoms with van der Waals surface area (Å²) in [5, 5.41) is 30.8. The molecule has 2 aromatic rings. The number of rotatable bonds is 4. The molecule has 0 saturated heterocycles. The fourth-order valence-electron chi connectivity index (χ4n) is 6.14. The minimum Gasteiger partial charge on any atom is -0.507 e. The highest BCUT2D eigenvalue weighted by atomic mass is 16.5. The third-order valence-electron chi connectivity index (χ3n) is 6.83. The lowest BCUT2D eigenvalue weighted by atomic mass is 9.48. The van der Waals surface area contributed by atoms with Gasteiger partial charge in [-0.3, -0.25) is 4.79 Å². The van der Waals surface area contributed by atoms with Crippen LogP contribution in [0, 0.1) is 28.6 Å². The average molecular weight is 393 g/mol. The number of ether oxygens (including phenoxy) is 1. The van der Waals surface area contributed by atoms with Gasteiger partial charge in [0.15, 0.2) is 11.6 Å². The molecule has 0 spiro atoms. The number of aliphatic hydroxyl groups excluding tert-OH is 1. The number of aromatic amines is 1. The second-order valence-electron chi connectivity index (χ2n) is 9.08. The fourth-order valence-corrected chi connectivity index (χ4v) is 6.14. The van der Waals surface area contributed by atoms with Crippen LogP contribution in [-0.4, -0.2) is 38.4 Å². The Labute approximate surface area is 168 Å². The highest BCUT2D eigenvalue weighted by Gasteiger charge is 2.60. The predicted molar refractivity (Wildman–Crippen MR) is 104 cm³/mol. The van der Waals surface area contributed by atoms with Crippen LogP contribution in [0.15, 0.2) is 30.0 Å². The summed E-state index contributed by atoms with van der Waals surface area (Å²) in [4.78, 5) is 20.3. The first kappa shape index (κ1) is 18.2. The normalized spacial score (nSPS) is 33.4. The van der Waals surface area contributed by atoms with Crippen LogP contribution in [0.5, 0.6) is 0 Å². The Kier molecular flexibility index (Phi) is 3.97. The van der Waals surface area contributed by atoms with E-state index in [1.165, 1.54) is 0 Å². The van der Waals surface area contributed by atoms with Crippen LogP contribution in [0.25, 0.3) is 16.6 Å². The Morgan fingerprint density at radius 2 is 2.00 bits per heavy atom. The van der Waals surface area contributed by atoms with Gasteiger partial charge in [0.2, 0.25) is 0 Å². The number of nitrogens with zero attached hydrogens (tertiary/aromatic N) is 2. The maximum absolute atomic E-state index is 13.0. The largest absolute Gasteiger partial charge is 0.507 e. The highest BCUT2D eigenvalue weighted by molar-refractivity contribution is 5.83. The van der Waals surface area contributed by atoms with Crippen molar-refractivity contribution in [3.05, 3.63) is 35.8 Å². The molecule has 7 heteroatoms. The number of carbonyl (C=O) groups excluding carboxylic acids is 1. The van der Waals surface area contributed by atoms with Crippen molar-refractivity contribution in [1.29, 1.82) is 5.26 Å². The molecule has 4 fully saturated rings. The van der Waals surface area contributed by atoms with Crippen molar-refractivity contribution in [3.8, 4) is 6.07 Å². The van der Waals surface area contributed by atoms with Crippen molar-refractivity contribution in [2.75, 3.05) is 6.61 Å². The third-order valence-corrected chi connectivity index (χ3v) is 6.83. The van der Waals surface area contributed by atoms with Crippen molar-refractivity contribution in [3.63, 3.8) is 0 Å². The smallest absolute Gasteiger partial charge is 0.312 e. The number of hydrogen-bond acceptors (Lipinski definition) is 6. The number of hydrogen-bond donors (Lipinski definition) is 3. The predicted octanol–water partition coefficient (Wildman–Crippen LogP) is 3.23. The number of nitriles is 1. The Hall–Kier alpha value is -2.85. The minimum absolute atomic E-state index is 0.0434. The van der Waals surface area contributed by atoms with Gasteiger partial charge in [0.1, 0.15) is 18.2 Å². The number of esters is 1. The van der Waals surface area contributed by atoms with E-state index in [0.717, 1.165) is 37.6 Å². The summed E-state index contributed by atoms with van der Waals surface area (Å²) in [5.41, 5.74) is -0.0277. The highest BCUT2D eigenvalue weighted by Crippen LogP contribution is 2.62. The number of aliphatic hydroxyl groups is 2. The standard InChI is InChI=1S/C22H23N3O4/c23-10-15(19-24-16-3-1-2-4-17(16)25-19)18(26)11-29-20(27)21-6-13-5-14(7-21)9-22(28,8-13)12-21/h1-4,13-14,26,28H,5-9,11-12H2,(H,24,25). The third kappa shape index (κ3) is 2.99. The van der Waals surface area contributed by atoms with Gasteiger partial charge in [0, 0.05) is 0 Å². The lowest BCUT2D eigenvalue weighted by Crippen LogP contribution is -2.58. The minimum atomic E-state index is -0.757. The molecule has 2 atom stereocenters. The number of fused-ring (bicyclic) bond motifs is 1. The molecule has 3 N–H and O–H groups in total. The van der Waals surface area contributed by atoms with Gasteiger partial charge in [-0.2, -0.15) is 5.26 Å². The molecule has 29 heavy (non-hydrogen) atoms. The first-order valence-corrected chi connectivity index (χ1v) is 10.1. The van der Waals surface area contributed by atoms with Gasteiger partial charge in [0.05, 0.1) is 22.0 Å². The SMILES string of the molecule is N#CC(=C(O)COC(=O)C12CC3CC(CC(O)(C3)C1)C2)c1nc2ccccc2[nH]1. The first-order valence-electron chi connectivity index (χ1n) is 10.1. The van der Waals surface area contributed by atoms with Crippen molar-refractivity contribution in [2.24, 2.45) is 17.3 Å². The van der Waals surface area contributed by atoms with Crippen LogP contribution in [0.4, 0.5) is 0 Å². The number of nitrogens with one attached hydrogen (secondary N) is 1. The van der Waals surface area contributed by atoms with Crippen molar-refractivity contribution in [2.45, 2.75) is 44.1 Å². The Balaban J connectivity index is 1.35. The molecule has 150 valence electrons. The Bertz CT molecular complexity index is 1020. The molecule has 1 heterocycles. The van der Waals surface area contributed by atoms with E-state index in [1.54, 1.807) is 6.07 Å². The zero-order chi connectivity index (χ0) is 20.2. The molecule has 0 radical (unpaired) electrons. The van der Waals surface area contributed by atoms with E-state index in [1.807, 2.05) is 24.3 Å².